The molecule has 0 saturated carbocycles. The molecule has 1 rings (SSSR count). The van der Waals surface area contributed by atoms with Gasteiger partial charge in [-0.05, 0) is 26.0 Å². The first-order valence-corrected chi connectivity index (χ1v) is 6.82. The summed E-state index contributed by atoms with van der Waals surface area (Å²) in [7, 11) is -3.34. The molecule has 0 aliphatic rings. The first-order chi connectivity index (χ1) is 7.30. The van der Waals surface area contributed by atoms with E-state index in [2.05, 4.69) is 5.32 Å². The quantitative estimate of drug-likeness (QED) is 0.869. The molecule has 0 bridgehead atoms. The van der Waals surface area contributed by atoms with E-state index in [0.717, 1.165) is 11.8 Å². The van der Waals surface area contributed by atoms with Gasteiger partial charge >= 0.3 is 0 Å². The van der Waals surface area contributed by atoms with Crippen LogP contribution in [0.5, 0.6) is 0 Å². The highest BCUT2D eigenvalue weighted by Gasteiger charge is 2.23. The molecule has 0 heterocycles. The van der Waals surface area contributed by atoms with E-state index in [1.807, 2.05) is 19.1 Å². The summed E-state index contributed by atoms with van der Waals surface area (Å²) in [5.74, 6) is -0.508. The molecular weight excluding hydrogens is 226 g/mol. The fourth-order valence-electron chi connectivity index (χ4n) is 1.08. The molecule has 88 valence electrons. The molecule has 0 fully saturated rings. The molecule has 0 aromatic heterocycles. The third kappa shape index (κ3) is 3.34. The molecule has 1 aromatic rings. The number of carbonyl (C=O) groups excluding carboxylic acids is 1. The summed E-state index contributed by atoms with van der Waals surface area (Å²) >= 11 is 0. The van der Waals surface area contributed by atoms with Crippen LogP contribution in [0, 0.1) is 6.92 Å². The Morgan fingerprint density at radius 2 is 1.75 bits per heavy atom. The summed E-state index contributed by atoms with van der Waals surface area (Å²) in [5, 5.41) is 1.52. The normalized spacial score (nSPS) is 13.2. The van der Waals surface area contributed by atoms with Crippen LogP contribution in [0.1, 0.15) is 12.5 Å². The van der Waals surface area contributed by atoms with Crippen molar-refractivity contribution < 1.29 is 13.2 Å². The van der Waals surface area contributed by atoms with Crippen LogP contribution in [-0.4, -0.2) is 25.8 Å². The molecule has 0 unspecified atom stereocenters. The molecule has 0 spiro atoms. The third-order valence-electron chi connectivity index (χ3n) is 2.33. The lowest BCUT2D eigenvalue weighted by atomic mass is 10.2. The van der Waals surface area contributed by atoms with E-state index in [1.165, 1.54) is 6.92 Å². The van der Waals surface area contributed by atoms with Crippen LogP contribution in [0.4, 0.5) is 5.69 Å². The number of sulfone groups is 1. The predicted octanol–water partition coefficient (Wildman–Crippen LogP) is 1.37. The van der Waals surface area contributed by atoms with Crippen LogP contribution < -0.4 is 5.32 Å². The number of anilines is 1. The van der Waals surface area contributed by atoms with Gasteiger partial charge in [-0.2, -0.15) is 0 Å². The number of rotatable bonds is 3. The molecule has 1 atom stereocenters. The summed E-state index contributed by atoms with van der Waals surface area (Å²) < 4.78 is 22.3. The van der Waals surface area contributed by atoms with Gasteiger partial charge in [0.25, 0.3) is 0 Å². The largest absolute Gasteiger partial charge is 0.325 e. The zero-order valence-electron chi connectivity index (χ0n) is 9.52. The van der Waals surface area contributed by atoms with Crippen molar-refractivity contribution in [2.24, 2.45) is 0 Å². The molecule has 0 saturated heterocycles. The Morgan fingerprint density at radius 3 is 2.19 bits per heavy atom. The summed E-state index contributed by atoms with van der Waals surface area (Å²) in [6.07, 6.45) is 1.05. The van der Waals surface area contributed by atoms with E-state index < -0.39 is 21.0 Å². The van der Waals surface area contributed by atoms with E-state index in [9.17, 15) is 13.2 Å². The van der Waals surface area contributed by atoms with E-state index >= 15 is 0 Å². The maximum atomic E-state index is 11.6. The van der Waals surface area contributed by atoms with Crippen molar-refractivity contribution in [3.63, 3.8) is 0 Å². The summed E-state index contributed by atoms with van der Waals surface area (Å²) in [5.41, 5.74) is 1.68. The summed E-state index contributed by atoms with van der Waals surface area (Å²) in [4.78, 5) is 11.6. The SMILES string of the molecule is Cc1ccc(NC(=O)[C@H](C)S(C)(=O)=O)cc1. The van der Waals surface area contributed by atoms with Gasteiger partial charge in [0.2, 0.25) is 5.91 Å². The van der Waals surface area contributed by atoms with Gasteiger partial charge in [-0.15, -0.1) is 0 Å². The fraction of sp³-hybridized carbons (Fsp3) is 0.364. The third-order valence-corrected chi connectivity index (χ3v) is 3.83. The Kier molecular flexibility index (Phi) is 3.70. The minimum absolute atomic E-state index is 0.508. The standard InChI is InChI=1S/C11H15NO3S/c1-8-4-6-10(7-5-8)12-11(13)9(2)16(3,14)15/h4-7,9H,1-3H3,(H,12,13)/t9-/m0/s1. The molecule has 4 nitrogen and oxygen atoms in total. The smallest absolute Gasteiger partial charge is 0.242 e. The monoisotopic (exact) mass is 241 g/mol. The lowest BCUT2D eigenvalue weighted by Crippen LogP contribution is -2.31. The lowest BCUT2D eigenvalue weighted by molar-refractivity contribution is -0.115. The van der Waals surface area contributed by atoms with Gasteiger partial charge < -0.3 is 5.32 Å². The molecular formula is C11H15NO3S. The van der Waals surface area contributed by atoms with Gasteiger partial charge in [0, 0.05) is 11.9 Å². The molecule has 5 heteroatoms. The minimum Gasteiger partial charge on any atom is -0.325 e. The van der Waals surface area contributed by atoms with Crippen molar-refractivity contribution in [3.05, 3.63) is 29.8 Å². The number of nitrogens with one attached hydrogen (secondary N) is 1. The zero-order valence-corrected chi connectivity index (χ0v) is 10.3. The Bertz CT molecular complexity index is 476. The Morgan fingerprint density at radius 1 is 1.25 bits per heavy atom. The molecule has 1 aromatic carbocycles. The average Bonchev–Trinajstić information content (AvgIpc) is 2.19. The average molecular weight is 241 g/mol. The number of carbonyl (C=O) groups is 1. The molecule has 0 aliphatic heterocycles. The van der Waals surface area contributed by atoms with E-state index in [-0.39, 0.29) is 0 Å². The van der Waals surface area contributed by atoms with Crippen LogP contribution >= 0.6 is 0 Å². The van der Waals surface area contributed by atoms with E-state index in [0.29, 0.717) is 5.69 Å². The second-order valence-corrected chi connectivity index (χ2v) is 6.19. The topological polar surface area (TPSA) is 63.2 Å². The first kappa shape index (κ1) is 12.7. The predicted molar refractivity (Wildman–Crippen MR) is 64.1 cm³/mol. The van der Waals surface area contributed by atoms with Crippen LogP contribution in [0.3, 0.4) is 0 Å². The minimum atomic E-state index is -3.34. The van der Waals surface area contributed by atoms with Crippen LogP contribution in [0.2, 0.25) is 0 Å². The molecule has 0 aliphatic carbocycles. The zero-order chi connectivity index (χ0) is 12.3. The molecule has 16 heavy (non-hydrogen) atoms. The van der Waals surface area contributed by atoms with Crippen LogP contribution in [0.15, 0.2) is 24.3 Å². The van der Waals surface area contributed by atoms with Gasteiger partial charge in [-0.25, -0.2) is 8.42 Å². The number of aryl methyl sites for hydroxylation is 1. The van der Waals surface area contributed by atoms with Gasteiger partial charge in [0.05, 0.1) is 0 Å². The van der Waals surface area contributed by atoms with Crippen LogP contribution in [-0.2, 0) is 14.6 Å². The number of hydrogen-bond acceptors (Lipinski definition) is 3. The maximum absolute atomic E-state index is 11.6. The number of amides is 1. The van der Waals surface area contributed by atoms with Gasteiger partial charge in [-0.3, -0.25) is 4.79 Å². The summed E-state index contributed by atoms with van der Waals surface area (Å²) in [6.45, 7) is 3.31. The van der Waals surface area contributed by atoms with Gasteiger partial charge in [0.1, 0.15) is 5.25 Å². The fourth-order valence-corrected chi connectivity index (χ4v) is 1.52. The van der Waals surface area contributed by atoms with Crippen molar-refractivity contribution in [1.82, 2.24) is 0 Å². The van der Waals surface area contributed by atoms with E-state index in [1.54, 1.807) is 12.1 Å². The van der Waals surface area contributed by atoms with Crippen molar-refractivity contribution in [1.29, 1.82) is 0 Å². The van der Waals surface area contributed by atoms with Crippen molar-refractivity contribution >= 4 is 21.4 Å². The van der Waals surface area contributed by atoms with Crippen molar-refractivity contribution in [3.8, 4) is 0 Å². The number of benzene rings is 1. The second-order valence-electron chi connectivity index (χ2n) is 3.83. The van der Waals surface area contributed by atoms with Crippen molar-refractivity contribution in [2.45, 2.75) is 19.1 Å². The Labute approximate surface area is 95.6 Å². The lowest BCUT2D eigenvalue weighted by Gasteiger charge is -2.10. The van der Waals surface area contributed by atoms with E-state index in [4.69, 9.17) is 0 Å². The number of hydrogen-bond donors (Lipinski definition) is 1. The highest BCUT2D eigenvalue weighted by atomic mass is 32.2. The highest BCUT2D eigenvalue weighted by Crippen LogP contribution is 2.10. The second kappa shape index (κ2) is 4.65. The van der Waals surface area contributed by atoms with Gasteiger partial charge in [-0.1, -0.05) is 17.7 Å². The van der Waals surface area contributed by atoms with Crippen molar-refractivity contribution in [2.75, 3.05) is 11.6 Å². The summed E-state index contributed by atoms with van der Waals surface area (Å²) in [6, 6.07) is 7.17. The molecule has 1 amide bonds. The molecule has 0 radical (unpaired) electrons. The highest BCUT2D eigenvalue weighted by molar-refractivity contribution is 7.92. The Balaban J connectivity index is 2.76. The first-order valence-electron chi connectivity index (χ1n) is 4.87. The van der Waals surface area contributed by atoms with Gasteiger partial charge in [0.15, 0.2) is 9.84 Å². The Hall–Kier alpha value is -1.36. The maximum Gasteiger partial charge on any atom is 0.242 e. The molecule has 1 N–H and O–H groups in total. The van der Waals surface area contributed by atoms with Crippen LogP contribution in [0.25, 0.3) is 0 Å².